The van der Waals surface area contributed by atoms with Crippen molar-refractivity contribution < 1.29 is 14.1 Å². The molecule has 1 fully saturated rings. The van der Waals surface area contributed by atoms with E-state index >= 15 is 0 Å². The van der Waals surface area contributed by atoms with E-state index in [0.29, 0.717) is 22.0 Å². The molecule has 1 aliphatic heterocycles. The zero-order valence-corrected chi connectivity index (χ0v) is 14.1. The van der Waals surface area contributed by atoms with Gasteiger partial charge in [0.1, 0.15) is 0 Å². The van der Waals surface area contributed by atoms with Crippen molar-refractivity contribution in [2.45, 2.75) is 26.2 Å². The van der Waals surface area contributed by atoms with Crippen molar-refractivity contribution in [2.24, 2.45) is 0 Å². The number of benzene rings is 1. The van der Waals surface area contributed by atoms with Crippen molar-refractivity contribution in [2.75, 3.05) is 18.4 Å². The van der Waals surface area contributed by atoms with Gasteiger partial charge in [-0.15, -0.1) is 0 Å². The number of aromatic nitrogens is 1. The van der Waals surface area contributed by atoms with Gasteiger partial charge in [0.15, 0.2) is 0 Å². The normalized spacial score (nSPS) is 14.5. The van der Waals surface area contributed by atoms with Gasteiger partial charge < -0.3 is 14.7 Å². The summed E-state index contributed by atoms with van der Waals surface area (Å²) in [5.74, 6) is -0.482. The number of halogens is 1. The van der Waals surface area contributed by atoms with E-state index in [4.69, 9.17) is 16.1 Å². The number of amides is 2. The predicted octanol–water partition coefficient (Wildman–Crippen LogP) is 3.51. The van der Waals surface area contributed by atoms with Crippen LogP contribution in [0.1, 0.15) is 45.9 Å². The fraction of sp³-hybridized carbons (Fsp3) is 0.353. The van der Waals surface area contributed by atoms with Gasteiger partial charge in [0, 0.05) is 24.2 Å². The summed E-state index contributed by atoms with van der Waals surface area (Å²) in [6.07, 6.45) is 3.13. The smallest absolute Gasteiger partial charge is 0.294 e. The lowest BCUT2D eigenvalue weighted by atomic mass is 10.1. The molecule has 2 aromatic rings. The SMILES string of the molecule is Cc1cc(C(=O)Nc2cc(Cl)ccc2C(=O)N2CCCCC2)on1. The molecular formula is C17H18ClN3O3. The molecule has 3 rings (SSSR count). The first-order chi connectivity index (χ1) is 11.5. The van der Waals surface area contributed by atoms with Crippen molar-refractivity contribution in [1.82, 2.24) is 10.1 Å². The molecule has 1 aromatic heterocycles. The Kier molecular flexibility index (Phi) is 4.85. The summed E-state index contributed by atoms with van der Waals surface area (Å²) in [5.41, 5.74) is 1.40. The Morgan fingerprint density at radius 1 is 1.21 bits per heavy atom. The highest BCUT2D eigenvalue weighted by atomic mass is 35.5. The highest BCUT2D eigenvalue weighted by molar-refractivity contribution is 6.31. The molecule has 7 heteroatoms. The van der Waals surface area contributed by atoms with E-state index in [0.717, 1.165) is 32.4 Å². The van der Waals surface area contributed by atoms with E-state index in [-0.39, 0.29) is 11.7 Å². The molecule has 0 unspecified atom stereocenters. The number of anilines is 1. The molecule has 24 heavy (non-hydrogen) atoms. The Morgan fingerprint density at radius 3 is 2.62 bits per heavy atom. The molecule has 0 atom stereocenters. The zero-order valence-electron chi connectivity index (χ0n) is 13.3. The van der Waals surface area contributed by atoms with Crippen molar-refractivity contribution in [3.8, 4) is 0 Å². The number of rotatable bonds is 3. The van der Waals surface area contributed by atoms with E-state index in [2.05, 4.69) is 10.5 Å². The van der Waals surface area contributed by atoms with Crippen LogP contribution in [0.5, 0.6) is 0 Å². The topological polar surface area (TPSA) is 75.4 Å². The van der Waals surface area contributed by atoms with Gasteiger partial charge >= 0.3 is 0 Å². The number of carbonyl (C=O) groups is 2. The van der Waals surface area contributed by atoms with Gasteiger partial charge in [-0.3, -0.25) is 9.59 Å². The van der Waals surface area contributed by atoms with Crippen LogP contribution < -0.4 is 5.32 Å². The van der Waals surface area contributed by atoms with Crippen LogP contribution in [-0.2, 0) is 0 Å². The first-order valence-electron chi connectivity index (χ1n) is 7.88. The first-order valence-corrected chi connectivity index (χ1v) is 8.26. The maximum atomic E-state index is 12.7. The molecule has 0 bridgehead atoms. The minimum atomic E-state index is -0.467. The highest BCUT2D eigenvalue weighted by Gasteiger charge is 2.22. The van der Waals surface area contributed by atoms with Gasteiger partial charge in [0.05, 0.1) is 16.9 Å². The monoisotopic (exact) mass is 347 g/mol. The molecule has 2 amide bonds. The number of carbonyl (C=O) groups excluding carboxylic acids is 2. The Labute approximate surface area is 144 Å². The van der Waals surface area contributed by atoms with Crippen LogP contribution in [-0.4, -0.2) is 35.0 Å². The van der Waals surface area contributed by atoms with Gasteiger partial charge in [-0.1, -0.05) is 16.8 Å². The Balaban J connectivity index is 1.85. The second kappa shape index (κ2) is 7.05. The molecule has 0 radical (unpaired) electrons. The van der Waals surface area contributed by atoms with Crippen LogP contribution in [0.25, 0.3) is 0 Å². The molecule has 1 aromatic carbocycles. The number of aryl methyl sites for hydroxylation is 1. The third kappa shape index (κ3) is 3.59. The summed E-state index contributed by atoms with van der Waals surface area (Å²) >= 11 is 6.03. The van der Waals surface area contributed by atoms with Gasteiger partial charge in [0.25, 0.3) is 11.8 Å². The Morgan fingerprint density at radius 2 is 1.96 bits per heavy atom. The second-order valence-corrected chi connectivity index (χ2v) is 6.27. The third-order valence-corrected chi connectivity index (χ3v) is 4.19. The summed E-state index contributed by atoms with van der Waals surface area (Å²) in [4.78, 5) is 26.8. The number of likely N-dealkylation sites (tertiary alicyclic amines) is 1. The van der Waals surface area contributed by atoms with Crippen LogP contribution in [0.15, 0.2) is 28.8 Å². The molecule has 0 spiro atoms. The molecule has 1 saturated heterocycles. The van der Waals surface area contributed by atoms with Gasteiger partial charge in [-0.05, 0) is 44.4 Å². The number of nitrogens with zero attached hydrogens (tertiary/aromatic N) is 2. The van der Waals surface area contributed by atoms with E-state index in [1.54, 1.807) is 30.0 Å². The fourth-order valence-corrected chi connectivity index (χ4v) is 2.90. The molecule has 1 aliphatic rings. The van der Waals surface area contributed by atoms with Crippen LogP contribution in [0.4, 0.5) is 5.69 Å². The van der Waals surface area contributed by atoms with Crippen LogP contribution >= 0.6 is 11.6 Å². The lowest BCUT2D eigenvalue weighted by Crippen LogP contribution is -2.36. The molecule has 0 saturated carbocycles. The van der Waals surface area contributed by atoms with Crippen molar-refractivity contribution in [3.05, 3.63) is 46.3 Å². The summed E-state index contributed by atoms with van der Waals surface area (Å²) < 4.78 is 4.95. The molecule has 1 N–H and O–H groups in total. The van der Waals surface area contributed by atoms with Crippen LogP contribution in [0.3, 0.4) is 0 Å². The maximum absolute atomic E-state index is 12.7. The minimum absolute atomic E-state index is 0.0869. The summed E-state index contributed by atoms with van der Waals surface area (Å²) in [6, 6.07) is 6.39. The maximum Gasteiger partial charge on any atom is 0.294 e. The fourth-order valence-electron chi connectivity index (χ4n) is 2.73. The lowest BCUT2D eigenvalue weighted by Gasteiger charge is -2.27. The zero-order chi connectivity index (χ0) is 17.1. The Bertz CT molecular complexity index is 766. The third-order valence-electron chi connectivity index (χ3n) is 3.96. The van der Waals surface area contributed by atoms with Gasteiger partial charge in [0.2, 0.25) is 5.76 Å². The van der Waals surface area contributed by atoms with E-state index in [9.17, 15) is 9.59 Å². The largest absolute Gasteiger partial charge is 0.351 e. The lowest BCUT2D eigenvalue weighted by molar-refractivity contribution is 0.0725. The second-order valence-electron chi connectivity index (χ2n) is 5.83. The summed E-state index contributed by atoms with van der Waals surface area (Å²) in [7, 11) is 0. The molecule has 0 aliphatic carbocycles. The quantitative estimate of drug-likeness (QED) is 0.921. The molecular weight excluding hydrogens is 330 g/mol. The standard InChI is InChI=1S/C17H18ClN3O3/c1-11-9-15(24-20-11)16(22)19-14-10-12(18)5-6-13(14)17(23)21-7-3-2-4-8-21/h5-6,9-10H,2-4,7-8H2,1H3,(H,19,22). The van der Waals surface area contributed by atoms with Crippen molar-refractivity contribution >= 4 is 29.1 Å². The summed E-state index contributed by atoms with van der Waals surface area (Å²) in [5, 5.41) is 6.83. The number of hydrogen-bond donors (Lipinski definition) is 1. The van der Waals surface area contributed by atoms with Gasteiger partial charge in [-0.25, -0.2) is 0 Å². The first kappa shape index (κ1) is 16.5. The highest BCUT2D eigenvalue weighted by Crippen LogP contribution is 2.24. The number of nitrogens with one attached hydrogen (secondary N) is 1. The summed E-state index contributed by atoms with van der Waals surface area (Å²) in [6.45, 7) is 3.19. The molecule has 126 valence electrons. The van der Waals surface area contributed by atoms with E-state index in [1.807, 2.05) is 0 Å². The van der Waals surface area contributed by atoms with Crippen LogP contribution in [0.2, 0.25) is 5.02 Å². The molecule has 6 nitrogen and oxygen atoms in total. The van der Waals surface area contributed by atoms with Gasteiger partial charge in [-0.2, -0.15) is 0 Å². The molecule has 2 heterocycles. The number of piperidine rings is 1. The average molecular weight is 348 g/mol. The number of hydrogen-bond acceptors (Lipinski definition) is 4. The Hall–Kier alpha value is -2.34. The van der Waals surface area contributed by atoms with E-state index < -0.39 is 5.91 Å². The average Bonchev–Trinajstić information content (AvgIpc) is 3.02. The minimum Gasteiger partial charge on any atom is -0.351 e. The van der Waals surface area contributed by atoms with Crippen molar-refractivity contribution in [1.29, 1.82) is 0 Å². The predicted molar refractivity (Wildman–Crippen MR) is 90.4 cm³/mol. The van der Waals surface area contributed by atoms with Crippen LogP contribution in [0, 0.1) is 6.92 Å². The van der Waals surface area contributed by atoms with Crippen molar-refractivity contribution in [3.63, 3.8) is 0 Å². The van der Waals surface area contributed by atoms with E-state index in [1.165, 1.54) is 6.07 Å².